The largest absolute Gasteiger partial charge is 0.261 e. The number of nitrogens with zero attached hydrogens (tertiary/aromatic N) is 4. The molecule has 0 bridgehead atoms. The monoisotopic (exact) mass is 420 g/mol. The van der Waals surface area contributed by atoms with Crippen LogP contribution in [0, 0.1) is 5.41 Å². The van der Waals surface area contributed by atoms with Gasteiger partial charge in [-0.1, -0.05) is 80.6 Å². The third kappa shape index (κ3) is 4.22. The molecule has 1 heterocycles. The Kier molecular flexibility index (Phi) is 5.36. The fourth-order valence-electron chi connectivity index (χ4n) is 4.42. The molecule has 1 aromatic heterocycles. The maximum Gasteiger partial charge on any atom is 0.0721 e. The van der Waals surface area contributed by atoms with Crippen molar-refractivity contribution in [1.29, 1.82) is 0 Å². The number of hydrazone groups is 1. The van der Waals surface area contributed by atoms with Gasteiger partial charge in [0, 0.05) is 5.56 Å². The van der Waals surface area contributed by atoms with Crippen LogP contribution in [0.25, 0.3) is 5.69 Å². The minimum absolute atomic E-state index is 0.105. The van der Waals surface area contributed by atoms with Gasteiger partial charge in [0.05, 0.1) is 35.5 Å². The summed E-state index contributed by atoms with van der Waals surface area (Å²) in [6.07, 6.45) is 3.88. The lowest BCUT2D eigenvalue weighted by atomic mass is 9.76. The van der Waals surface area contributed by atoms with Crippen LogP contribution in [0.1, 0.15) is 37.1 Å². The summed E-state index contributed by atoms with van der Waals surface area (Å²) in [6, 6.07) is 31.3. The van der Waals surface area contributed by atoms with Crippen LogP contribution in [0.3, 0.4) is 0 Å². The molecule has 0 N–H and O–H groups in total. The third-order valence-corrected chi connectivity index (χ3v) is 5.94. The van der Waals surface area contributed by atoms with Gasteiger partial charge in [0.2, 0.25) is 0 Å². The number of hydrogen-bond acceptors (Lipinski definition) is 3. The number of rotatable bonds is 5. The van der Waals surface area contributed by atoms with Crippen molar-refractivity contribution >= 4 is 11.4 Å². The van der Waals surface area contributed by atoms with E-state index in [0.717, 1.165) is 42.0 Å². The van der Waals surface area contributed by atoms with E-state index in [4.69, 9.17) is 10.2 Å². The van der Waals surface area contributed by atoms with Crippen LogP contribution in [0.5, 0.6) is 0 Å². The van der Waals surface area contributed by atoms with Crippen LogP contribution in [0.4, 0.5) is 5.69 Å². The number of anilines is 1. The summed E-state index contributed by atoms with van der Waals surface area (Å²) in [7, 11) is 0. The summed E-state index contributed by atoms with van der Waals surface area (Å²) in [6.45, 7) is 5.35. The Bertz CT molecular complexity index is 1210. The molecule has 4 nitrogen and oxygen atoms in total. The van der Waals surface area contributed by atoms with Gasteiger partial charge in [0.15, 0.2) is 0 Å². The normalized spacial score (nSPS) is 16.0. The molecule has 0 saturated carbocycles. The fraction of sp³-hybridized carbons (Fsp3) is 0.214. The Labute approximate surface area is 189 Å². The molecule has 1 aliphatic rings. The van der Waals surface area contributed by atoms with Gasteiger partial charge in [-0.25, -0.2) is 4.68 Å². The van der Waals surface area contributed by atoms with E-state index >= 15 is 0 Å². The Balaban J connectivity index is 1.59. The maximum atomic E-state index is 5.24. The van der Waals surface area contributed by atoms with Crippen molar-refractivity contribution in [3.05, 3.63) is 114 Å². The Hall–Kier alpha value is -3.66. The average Bonchev–Trinajstić information content (AvgIpc) is 3.23. The van der Waals surface area contributed by atoms with E-state index in [1.165, 1.54) is 11.3 Å². The lowest BCUT2D eigenvalue weighted by molar-refractivity contribution is 0.364. The molecule has 0 atom stereocenters. The van der Waals surface area contributed by atoms with E-state index in [2.05, 4.69) is 102 Å². The molecular weight excluding hydrogens is 392 g/mol. The van der Waals surface area contributed by atoms with Crippen LogP contribution < -0.4 is 5.01 Å². The van der Waals surface area contributed by atoms with E-state index in [0.29, 0.717) is 0 Å². The molecule has 0 unspecified atom stereocenters. The molecule has 4 aromatic rings. The molecule has 5 rings (SSSR count). The molecule has 0 aliphatic heterocycles. The molecule has 0 amide bonds. The van der Waals surface area contributed by atoms with Crippen molar-refractivity contribution in [2.75, 3.05) is 5.01 Å². The van der Waals surface area contributed by atoms with Gasteiger partial charge in [0.25, 0.3) is 0 Å². The van der Waals surface area contributed by atoms with Crippen LogP contribution in [-0.2, 0) is 13.0 Å². The van der Waals surface area contributed by atoms with Gasteiger partial charge in [-0.3, -0.25) is 5.01 Å². The van der Waals surface area contributed by atoms with Crippen LogP contribution in [0.2, 0.25) is 0 Å². The summed E-state index contributed by atoms with van der Waals surface area (Å²) < 4.78 is 2.08. The first kappa shape index (κ1) is 20.3. The van der Waals surface area contributed by atoms with E-state index in [-0.39, 0.29) is 5.41 Å². The topological polar surface area (TPSA) is 33.4 Å². The smallest absolute Gasteiger partial charge is 0.0721 e. The number of para-hydroxylation sites is 2. The van der Waals surface area contributed by atoms with Crippen molar-refractivity contribution in [1.82, 2.24) is 9.78 Å². The summed E-state index contributed by atoms with van der Waals surface area (Å²) in [5.74, 6) is 0. The Morgan fingerprint density at radius 1 is 0.844 bits per heavy atom. The summed E-state index contributed by atoms with van der Waals surface area (Å²) in [5, 5.41) is 12.1. The van der Waals surface area contributed by atoms with Crippen molar-refractivity contribution in [3.63, 3.8) is 0 Å². The summed E-state index contributed by atoms with van der Waals surface area (Å²) >= 11 is 0. The molecule has 0 spiro atoms. The second-order valence-electron chi connectivity index (χ2n) is 9.20. The first-order chi connectivity index (χ1) is 15.6. The zero-order valence-corrected chi connectivity index (χ0v) is 18.6. The number of benzene rings is 3. The molecule has 3 aromatic carbocycles. The quantitative estimate of drug-likeness (QED) is 0.357. The minimum atomic E-state index is 0.105. The number of hydrogen-bond donors (Lipinski definition) is 0. The fourth-order valence-corrected chi connectivity index (χ4v) is 4.42. The van der Waals surface area contributed by atoms with Crippen LogP contribution >= 0.6 is 0 Å². The van der Waals surface area contributed by atoms with Crippen LogP contribution in [-0.4, -0.2) is 15.5 Å². The summed E-state index contributed by atoms with van der Waals surface area (Å²) in [5.41, 5.74) is 7.00. The van der Waals surface area contributed by atoms with Crippen molar-refractivity contribution < 1.29 is 0 Å². The molecule has 4 heteroatoms. The molecule has 160 valence electrons. The molecular formula is C28H28N4. The predicted octanol–water partition coefficient (Wildman–Crippen LogP) is 6.26. The van der Waals surface area contributed by atoms with Crippen molar-refractivity contribution in [2.24, 2.45) is 10.5 Å². The maximum absolute atomic E-state index is 5.24. The minimum Gasteiger partial charge on any atom is -0.261 e. The third-order valence-electron chi connectivity index (χ3n) is 5.94. The average molecular weight is 421 g/mol. The van der Waals surface area contributed by atoms with E-state index in [1.807, 2.05) is 18.3 Å². The van der Waals surface area contributed by atoms with E-state index in [9.17, 15) is 0 Å². The Morgan fingerprint density at radius 2 is 1.47 bits per heavy atom. The molecule has 0 fully saturated rings. The Morgan fingerprint density at radius 3 is 2.16 bits per heavy atom. The van der Waals surface area contributed by atoms with Gasteiger partial charge in [-0.2, -0.15) is 10.2 Å². The van der Waals surface area contributed by atoms with Gasteiger partial charge in [0.1, 0.15) is 0 Å². The zero-order valence-electron chi connectivity index (χ0n) is 18.6. The first-order valence-corrected chi connectivity index (χ1v) is 11.2. The van der Waals surface area contributed by atoms with Crippen molar-refractivity contribution in [3.8, 4) is 5.69 Å². The number of fused-ring (bicyclic) bond motifs is 1. The lowest BCUT2D eigenvalue weighted by Gasteiger charge is -2.32. The SMILES string of the molecule is CC1(C)C/C(=N/N(Cc2ccccc2)c2ccccc2)c2cnn(-c3ccccc3)c2C1. The highest BCUT2D eigenvalue weighted by molar-refractivity contribution is 6.03. The molecule has 0 saturated heterocycles. The predicted molar refractivity (Wildman–Crippen MR) is 131 cm³/mol. The van der Waals surface area contributed by atoms with Gasteiger partial charge >= 0.3 is 0 Å². The highest BCUT2D eigenvalue weighted by Crippen LogP contribution is 2.36. The highest BCUT2D eigenvalue weighted by atomic mass is 15.5. The van der Waals surface area contributed by atoms with E-state index in [1.54, 1.807) is 0 Å². The van der Waals surface area contributed by atoms with Gasteiger partial charge in [-0.15, -0.1) is 0 Å². The van der Waals surface area contributed by atoms with Crippen LogP contribution in [0.15, 0.2) is 102 Å². The molecule has 32 heavy (non-hydrogen) atoms. The van der Waals surface area contributed by atoms with E-state index < -0.39 is 0 Å². The second kappa shape index (κ2) is 8.46. The highest BCUT2D eigenvalue weighted by Gasteiger charge is 2.33. The lowest BCUT2D eigenvalue weighted by Crippen LogP contribution is -2.30. The van der Waals surface area contributed by atoms with Gasteiger partial charge < -0.3 is 0 Å². The molecule has 0 radical (unpaired) electrons. The summed E-state index contributed by atoms with van der Waals surface area (Å²) in [4.78, 5) is 0. The second-order valence-corrected chi connectivity index (χ2v) is 9.20. The van der Waals surface area contributed by atoms with Gasteiger partial charge in [-0.05, 0) is 48.1 Å². The standard InChI is InChI=1S/C28H28N4/c1-28(2)18-26(25-20-29-32(27(25)19-28)24-16-10-5-11-17-24)30-31(23-14-8-4-9-15-23)21-22-12-6-3-7-13-22/h3-17,20H,18-19,21H2,1-2H3/b30-26-. The molecule has 1 aliphatic carbocycles. The number of aromatic nitrogens is 2. The first-order valence-electron chi connectivity index (χ1n) is 11.2. The van der Waals surface area contributed by atoms with Crippen molar-refractivity contribution in [2.45, 2.75) is 33.2 Å². The zero-order chi connectivity index (χ0) is 22.0.